The van der Waals surface area contributed by atoms with Gasteiger partial charge in [0.05, 0.1) is 112 Å². The fourth-order valence-electron chi connectivity index (χ4n) is 2.69. The summed E-state index contributed by atoms with van der Waals surface area (Å²) in [4.78, 5) is 0. The highest BCUT2D eigenvalue weighted by atomic mass is 35.5. The van der Waals surface area contributed by atoms with Crippen LogP contribution < -0.4 is 5.32 Å². The molecule has 0 spiro atoms. The van der Waals surface area contributed by atoms with Crippen LogP contribution in [0.3, 0.4) is 0 Å². The molecule has 0 heterocycles. The van der Waals surface area contributed by atoms with Gasteiger partial charge >= 0.3 is 0 Å². The highest BCUT2D eigenvalue weighted by molar-refractivity contribution is 6.17. The van der Waals surface area contributed by atoms with Crippen LogP contribution in [0.5, 0.6) is 0 Å². The molecule has 0 aliphatic heterocycles. The molecule has 218 valence electrons. The summed E-state index contributed by atoms with van der Waals surface area (Å²) in [7, 11) is 1.90. The Morgan fingerprint density at radius 1 is 0.361 bits per heavy atom. The van der Waals surface area contributed by atoms with Gasteiger partial charge in [-0.2, -0.15) is 0 Å². The quantitative estimate of drug-likeness (QED) is 0.0976. The van der Waals surface area contributed by atoms with E-state index in [1.54, 1.807) is 0 Å². The van der Waals surface area contributed by atoms with Gasteiger partial charge in [-0.15, -0.1) is 11.6 Å². The fraction of sp³-hybridized carbons (Fsp3) is 1.00. The molecule has 1 N–H and O–H groups in total. The summed E-state index contributed by atoms with van der Waals surface area (Å²) < 4.78 is 49.0. The summed E-state index contributed by atoms with van der Waals surface area (Å²) in [6.07, 6.45) is 4.52. The van der Waals surface area contributed by atoms with Crippen LogP contribution in [0.2, 0.25) is 0 Å². The van der Waals surface area contributed by atoms with Crippen molar-refractivity contribution in [1.29, 1.82) is 0 Å². The molecule has 0 aliphatic carbocycles. The Kier molecular flexibility index (Phi) is 34.8. The Labute approximate surface area is 223 Å². The number of ether oxygens (including phenoxy) is 9. The predicted octanol–water partition coefficient (Wildman–Crippen LogP) is 2.15. The normalized spacial score (nSPS) is 11.5. The summed E-state index contributed by atoms with van der Waals surface area (Å²) >= 11 is 5.64. The lowest BCUT2D eigenvalue weighted by molar-refractivity contribution is -0.0249. The van der Waals surface area contributed by atoms with Crippen molar-refractivity contribution >= 4 is 11.6 Å². The molecule has 0 rings (SSSR count). The molecular weight excluding hydrogens is 494 g/mol. The van der Waals surface area contributed by atoms with Crippen molar-refractivity contribution in [1.82, 2.24) is 5.32 Å². The Balaban J connectivity index is 3.00. The summed E-state index contributed by atoms with van der Waals surface area (Å²) in [6.45, 7) is 11.3. The summed E-state index contributed by atoms with van der Waals surface area (Å²) in [5.74, 6) is 0.748. The van der Waals surface area contributed by atoms with E-state index in [2.05, 4.69) is 5.32 Å². The number of nitrogens with one attached hydrogen (secondary N) is 1. The largest absolute Gasteiger partial charge is 0.379 e. The van der Waals surface area contributed by atoms with E-state index < -0.39 is 0 Å². The molecule has 10 nitrogen and oxygen atoms in total. The minimum Gasteiger partial charge on any atom is -0.379 e. The van der Waals surface area contributed by atoms with Crippen LogP contribution in [0.25, 0.3) is 0 Å². The number of hydrogen-bond donors (Lipinski definition) is 1. The molecule has 0 bridgehead atoms. The third kappa shape index (κ3) is 33.9. The first-order chi connectivity index (χ1) is 17.9. The van der Waals surface area contributed by atoms with Gasteiger partial charge in [-0.1, -0.05) is 12.8 Å². The predicted molar refractivity (Wildman–Crippen MR) is 140 cm³/mol. The second kappa shape index (κ2) is 34.9. The molecule has 11 heteroatoms. The first kappa shape index (κ1) is 35.9. The van der Waals surface area contributed by atoms with Gasteiger partial charge in [0, 0.05) is 19.0 Å². The first-order valence-electron chi connectivity index (χ1n) is 13.3. The third-order valence-electron chi connectivity index (χ3n) is 4.64. The molecule has 0 aromatic rings. The smallest absolute Gasteiger partial charge is 0.0701 e. The molecule has 0 amide bonds. The average Bonchev–Trinajstić information content (AvgIpc) is 2.89. The minimum absolute atomic E-state index is 0.533. The van der Waals surface area contributed by atoms with Gasteiger partial charge in [-0.05, 0) is 19.9 Å². The minimum atomic E-state index is 0.533. The van der Waals surface area contributed by atoms with Gasteiger partial charge in [0.2, 0.25) is 0 Å². The molecular formula is C25H52ClNO9. The van der Waals surface area contributed by atoms with E-state index in [4.69, 9.17) is 54.2 Å². The SMILES string of the molecule is CNCCOCCOCCOCCOCCOCCOCCOCCOCCOCCCCCCCl. The lowest BCUT2D eigenvalue weighted by Gasteiger charge is -2.09. The van der Waals surface area contributed by atoms with E-state index >= 15 is 0 Å². The van der Waals surface area contributed by atoms with E-state index in [1.807, 2.05) is 7.05 Å². The summed E-state index contributed by atoms with van der Waals surface area (Å²) in [5, 5.41) is 3.02. The molecule has 0 radical (unpaired) electrons. The fourth-order valence-corrected chi connectivity index (χ4v) is 2.88. The molecule has 0 saturated heterocycles. The molecule has 0 aliphatic rings. The molecule has 0 aromatic carbocycles. The second-order valence-corrected chi connectivity index (χ2v) is 8.10. The molecule has 0 unspecified atom stereocenters. The molecule has 0 aromatic heterocycles. The molecule has 0 fully saturated rings. The lowest BCUT2D eigenvalue weighted by Crippen LogP contribution is -2.17. The highest BCUT2D eigenvalue weighted by Gasteiger charge is 1.96. The van der Waals surface area contributed by atoms with Gasteiger partial charge in [0.25, 0.3) is 0 Å². The highest BCUT2D eigenvalue weighted by Crippen LogP contribution is 2.01. The molecule has 0 atom stereocenters. The van der Waals surface area contributed by atoms with Crippen molar-refractivity contribution in [2.45, 2.75) is 25.7 Å². The number of alkyl halides is 1. The monoisotopic (exact) mass is 545 g/mol. The van der Waals surface area contributed by atoms with Gasteiger partial charge in [0.15, 0.2) is 0 Å². The Morgan fingerprint density at radius 3 is 0.944 bits per heavy atom. The lowest BCUT2D eigenvalue weighted by atomic mass is 10.2. The maximum Gasteiger partial charge on any atom is 0.0701 e. The van der Waals surface area contributed by atoms with E-state index in [0.717, 1.165) is 31.9 Å². The van der Waals surface area contributed by atoms with Crippen LogP contribution in [-0.2, 0) is 42.6 Å². The molecule has 36 heavy (non-hydrogen) atoms. The number of unbranched alkanes of at least 4 members (excludes halogenated alkanes) is 3. The summed E-state index contributed by atoms with van der Waals surface area (Å²) in [6, 6.07) is 0. The Morgan fingerprint density at radius 2 is 0.639 bits per heavy atom. The van der Waals surface area contributed by atoms with Crippen LogP contribution in [0.4, 0.5) is 0 Å². The van der Waals surface area contributed by atoms with Crippen LogP contribution in [0.15, 0.2) is 0 Å². The van der Waals surface area contributed by atoms with E-state index in [-0.39, 0.29) is 0 Å². The van der Waals surface area contributed by atoms with Crippen LogP contribution >= 0.6 is 11.6 Å². The zero-order valence-corrected chi connectivity index (χ0v) is 23.3. The maximum absolute atomic E-state index is 5.64. The van der Waals surface area contributed by atoms with E-state index in [9.17, 15) is 0 Å². The third-order valence-corrected chi connectivity index (χ3v) is 4.91. The van der Waals surface area contributed by atoms with Crippen molar-refractivity contribution in [2.75, 3.05) is 138 Å². The Bertz CT molecular complexity index is 353. The van der Waals surface area contributed by atoms with E-state index in [1.165, 1.54) is 12.8 Å². The maximum atomic E-state index is 5.64. The van der Waals surface area contributed by atoms with E-state index in [0.29, 0.717) is 112 Å². The zero-order valence-electron chi connectivity index (χ0n) is 22.5. The van der Waals surface area contributed by atoms with Crippen molar-refractivity contribution in [3.05, 3.63) is 0 Å². The van der Waals surface area contributed by atoms with Crippen molar-refractivity contribution < 1.29 is 42.6 Å². The zero-order chi connectivity index (χ0) is 26.0. The summed E-state index contributed by atoms with van der Waals surface area (Å²) in [5.41, 5.74) is 0. The number of likely N-dealkylation sites (N-methyl/N-ethyl adjacent to an activating group) is 1. The number of halogens is 1. The van der Waals surface area contributed by atoms with Gasteiger partial charge in [-0.25, -0.2) is 0 Å². The van der Waals surface area contributed by atoms with Gasteiger partial charge < -0.3 is 47.9 Å². The van der Waals surface area contributed by atoms with Crippen LogP contribution in [0.1, 0.15) is 25.7 Å². The number of hydrogen-bond acceptors (Lipinski definition) is 10. The van der Waals surface area contributed by atoms with Crippen molar-refractivity contribution in [3.8, 4) is 0 Å². The van der Waals surface area contributed by atoms with Crippen molar-refractivity contribution in [2.24, 2.45) is 0 Å². The Hall–Kier alpha value is -0.110. The van der Waals surface area contributed by atoms with Gasteiger partial charge in [-0.3, -0.25) is 0 Å². The standard InChI is InChI=1S/C25H52ClNO9/c1-27-7-9-29-11-13-31-15-17-33-19-21-35-23-25-36-24-22-34-20-18-32-16-14-30-12-10-28-8-5-3-2-4-6-26/h27H,2-25H2,1H3. The van der Waals surface area contributed by atoms with Crippen LogP contribution in [0, 0.1) is 0 Å². The van der Waals surface area contributed by atoms with Crippen molar-refractivity contribution in [3.63, 3.8) is 0 Å². The first-order valence-corrected chi connectivity index (χ1v) is 13.9. The average molecular weight is 546 g/mol. The topological polar surface area (TPSA) is 95.1 Å². The molecule has 0 saturated carbocycles. The van der Waals surface area contributed by atoms with Gasteiger partial charge in [0.1, 0.15) is 0 Å². The number of rotatable bonds is 33. The second-order valence-electron chi connectivity index (χ2n) is 7.72. The van der Waals surface area contributed by atoms with Crippen LogP contribution in [-0.4, -0.2) is 138 Å².